The molecule has 4 nitrogen and oxygen atoms in total. The number of carbonyl (C=O) groups excluding carboxylic acids is 2. The quantitative estimate of drug-likeness (QED) is 0.887. The van der Waals surface area contributed by atoms with E-state index in [1.165, 1.54) is 11.0 Å². The normalized spacial score (nSPS) is 18.3. The molecule has 0 atom stereocenters. The van der Waals surface area contributed by atoms with Gasteiger partial charge in [0.1, 0.15) is 0 Å². The van der Waals surface area contributed by atoms with Gasteiger partial charge in [-0.15, -0.1) is 11.3 Å². The lowest BCUT2D eigenvalue weighted by Gasteiger charge is -2.19. The Morgan fingerprint density at radius 1 is 1.18 bits per heavy atom. The molecule has 2 heterocycles. The van der Waals surface area contributed by atoms with Crippen LogP contribution in [0.2, 0.25) is 0 Å². The van der Waals surface area contributed by atoms with Gasteiger partial charge in [0.15, 0.2) is 0 Å². The van der Waals surface area contributed by atoms with E-state index in [-0.39, 0.29) is 11.8 Å². The van der Waals surface area contributed by atoms with E-state index in [0.717, 1.165) is 10.1 Å². The van der Waals surface area contributed by atoms with Gasteiger partial charge in [0, 0.05) is 20.8 Å². The second kappa shape index (κ2) is 5.42. The highest BCUT2D eigenvalue weighted by Gasteiger charge is 2.23. The third kappa shape index (κ3) is 2.33. The Balaban J connectivity index is 2.19. The molecule has 0 unspecified atom stereocenters. The summed E-state index contributed by atoms with van der Waals surface area (Å²) in [5.41, 5.74) is 2.01. The largest absolute Gasteiger partial charge is 0.321 e. The molecule has 0 spiro atoms. The zero-order valence-electron chi connectivity index (χ0n) is 12.4. The summed E-state index contributed by atoms with van der Waals surface area (Å²) in [5, 5.41) is 6.68. The van der Waals surface area contributed by atoms with Crippen molar-refractivity contribution in [2.24, 2.45) is 0 Å². The van der Waals surface area contributed by atoms with Crippen molar-refractivity contribution in [3.05, 3.63) is 52.6 Å². The number of hydrogen-bond donors (Lipinski definition) is 2. The Labute approximate surface area is 132 Å². The maximum Gasteiger partial charge on any atom is 0.257 e. The van der Waals surface area contributed by atoms with Gasteiger partial charge in [-0.2, -0.15) is 0 Å². The monoisotopic (exact) mass is 312 g/mol. The highest BCUT2D eigenvalue weighted by Crippen LogP contribution is 2.32. The van der Waals surface area contributed by atoms with Crippen LogP contribution in [0.15, 0.2) is 42.1 Å². The Kier molecular flexibility index (Phi) is 3.58. The standard InChI is InChI=1S/C17H16N2O2S/c1-4-11-13(5-2)18-17(21)12-8-15-10(6-9(3)22-15)7-14(12)19-16(11)20/h5-8H,2,4H2,1,3H3,(H,18,21)(H,19,20). The van der Waals surface area contributed by atoms with Gasteiger partial charge in [-0.25, -0.2) is 0 Å². The molecular weight excluding hydrogens is 296 g/mol. The van der Waals surface area contributed by atoms with Gasteiger partial charge in [0.2, 0.25) is 0 Å². The van der Waals surface area contributed by atoms with E-state index in [1.807, 2.05) is 26.0 Å². The summed E-state index contributed by atoms with van der Waals surface area (Å²) in [6.07, 6.45) is 2.03. The predicted octanol–water partition coefficient (Wildman–Crippen LogP) is 3.74. The fourth-order valence-electron chi connectivity index (χ4n) is 2.62. The fraction of sp³-hybridized carbons (Fsp3) is 0.176. The van der Waals surface area contributed by atoms with Crippen molar-refractivity contribution in [3.63, 3.8) is 0 Å². The number of fused-ring (bicyclic) bond motifs is 2. The molecule has 0 bridgehead atoms. The first kappa shape index (κ1) is 14.5. The van der Waals surface area contributed by atoms with E-state index < -0.39 is 0 Å². The van der Waals surface area contributed by atoms with Crippen molar-refractivity contribution in [2.75, 3.05) is 5.32 Å². The molecule has 1 aromatic carbocycles. The average Bonchev–Trinajstić information content (AvgIpc) is 2.83. The number of thiophene rings is 1. The first-order chi connectivity index (χ1) is 10.5. The second-order valence-electron chi connectivity index (χ2n) is 5.15. The molecule has 5 heteroatoms. The Hall–Kier alpha value is -2.40. The van der Waals surface area contributed by atoms with Crippen LogP contribution in [0, 0.1) is 6.92 Å². The van der Waals surface area contributed by atoms with Crippen molar-refractivity contribution in [2.45, 2.75) is 20.3 Å². The first-order valence-corrected chi connectivity index (χ1v) is 7.87. The Bertz CT molecular complexity index is 846. The molecule has 2 aromatic rings. The lowest BCUT2D eigenvalue weighted by atomic mass is 10.0. The highest BCUT2D eigenvalue weighted by molar-refractivity contribution is 7.19. The van der Waals surface area contributed by atoms with Gasteiger partial charge >= 0.3 is 0 Å². The van der Waals surface area contributed by atoms with Gasteiger partial charge in [-0.05, 0) is 43.0 Å². The molecule has 1 aromatic heterocycles. The summed E-state index contributed by atoms with van der Waals surface area (Å²) in [7, 11) is 0. The Morgan fingerprint density at radius 3 is 2.64 bits per heavy atom. The van der Waals surface area contributed by atoms with Crippen LogP contribution in [-0.2, 0) is 4.79 Å². The lowest BCUT2D eigenvalue weighted by Crippen LogP contribution is -2.30. The van der Waals surface area contributed by atoms with Crippen LogP contribution in [0.1, 0.15) is 28.6 Å². The summed E-state index contributed by atoms with van der Waals surface area (Å²) in [6.45, 7) is 7.58. The van der Waals surface area contributed by atoms with Crippen molar-refractivity contribution in [3.8, 4) is 0 Å². The number of carbonyl (C=O) groups is 2. The molecule has 2 amide bonds. The summed E-state index contributed by atoms with van der Waals surface area (Å²) >= 11 is 1.63. The molecule has 0 fully saturated rings. The van der Waals surface area contributed by atoms with Crippen molar-refractivity contribution in [1.82, 2.24) is 5.32 Å². The number of allylic oxidation sites excluding steroid dienone is 1. The molecule has 1 aliphatic rings. The molecule has 112 valence electrons. The average molecular weight is 312 g/mol. The number of amides is 2. The third-order valence-electron chi connectivity index (χ3n) is 3.68. The lowest BCUT2D eigenvalue weighted by molar-refractivity contribution is -0.113. The van der Waals surface area contributed by atoms with Crippen LogP contribution in [0.3, 0.4) is 0 Å². The zero-order chi connectivity index (χ0) is 15.9. The summed E-state index contributed by atoms with van der Waals surface area (Å²) in [6, 6.07) is 5.74. The van der Waals surface area contributed by atoms with Crippen LogP contribution >= 0.6 is 11.3 Å². The number of anilines is 1. The topological polar surface area (TPSA) is 58.2 Å². The molecule has 0 aliphatic carbocycles. The van der Waals surface area contributed by atoms with Gasteiger partial charge in [-0.1, -0.05) is 13.5 Å². The maximum atomic E-state index is 12.5. The second-order valence-corrected chi connectivity index (χ2v) is 6.44. The molecule has 0 saturated heterocycles. The van der Waals surface area contributed by atoms with E-state index in [9.17, 15) is 9.59 Å². The molecule has 22 heavy (non-hydrogen) atoms. The summed E-state index contributed by atoms with van der Waals surface area (Å²) in [4.78, 5) is 26.1. The van der Waals surface area contributed by atoms with E-state index in [4.69, 9.17) is 0 Å². The van der Waals surface area contributed by atoms with Gasteiger partial charge in [0.25, 0.3) is 11.8 Å². The van der Waals surface area contributed by atoms with Crippen molar-refractivity contribution < 1.29 is 9.59 Å². The SMILES string of the molecule is C=C/C1=C(\CC)C(=O)Nc2cc3cc(C)sc3cc2C(=O)N1. The van der Waals surface area contributed by atoms with Gasteiger partial charge in [0.05, 0.1) is 11.3 Å². The fourth-order valence-corrected chi connectivity index (χ4v) is 3.57. The minimum absolute atomic E-state index is 0.204. The number of rotatable bonds is 2. The number of aryl methyl sites for hydroxylation is 1. The molecule has 0 saturated carbocycles. The molecule has 0 radical (unpaired) electrons. The predicted molar refractivity (Wildman–Crippen MR) is 90.2 cm³/mol. The van der Waals surface area contributed by atoms with Gasteiger partial charge in [-0.3, -0.25) is 9.59 Å². The molecule has 3 rings (SSSR count). The van der Waals surface area contributed by atoms with Crippen LogP contribution in [0.5, 0.6) is 0 Å². The van der Waals surface area contributed by atoms with E-state index >= 15 is 0 Å². The number of benzene rings is 1. The first-order valence-electron chi connectivity index (χ1n) is 7.06. The third-order valence-corrected chi connectivity index (χ3v) is 4.69. The van der Waals surface area contributed by atoms with Gasteiger partial charge < -0.3 is 10.6 Å². The minimum atomic E-state index is -0.233. The minimum Gasteiger partial charge on any atom is -0.321 e. The van der Waals surface area contributed by atoms with E-state index in [0.29, 0.717) is 28.9 Å². The number of nitrogens with one attached hydrogen (secondary N) is 2. The highest BCUT2D eigenvalue weighted by atomic mass is 32.1. The van der Waals surface area contributed by atoms with Crippen LogP contribution in [0.25, 0.3) is 10.1 Å². The molecule has 1 aliphatic heterocycles. The Morgan fingerprint density at radius 2 is 1.95 bits per heavy atom. The van der Waals surface area contributed by atoms with Crippen molar-refractivity contribution in [1.29, 1.82) is 0 Å². The molecule has 2 N–H and O–H groups in total. The van der Waals surface area contributed by atoms with Crippen LogP contribution in [-0.4, -0.2) is 11.8 Å². The van der Waals surface area contributed by atoms with Crippen LogP contribution in [0.4, 0.5) is 5.69 Å². The van der Waals surface area contributed by atoms with Crippen molar-refractivity contribution >= 4 is 38.9 Å². The molecular formula is C17H16N2O2S. The zero-order valence-corrected chi connectivity index (χ0v) is 13.3. The van der Waals surface area contributed by atoms with E-state index in [1.54, 1.807) is 11.3 Å². The summed E-state index contributed by atoms with van der Waals surface area (Å²) < 4.78 is 1.03. The van der Waals surface area contributed by atoms with E-state index in [2.05, 4.69) is 23.3 Å². The maximum absolute atomic E-state index is 12.5. The number of hydrogen-bond acceptors (Lipinski definition) is 3. The smallest absolute Gasteiger partial charge is 0.257 e. The summed E-state index contributed by atoms with van der Waals surface area (Å²) in [5.74, 6) is -0.436. The van der Waals surface area contributed by atoms with Crippen LogP contribution < -0.4 is 10.6 Å².